The maximum Gasteiger partial charge on any atom is 0.335 e. The third kappa shape index (κ3) is 2.81. The van der Waals surface area contributed by atoms with Crippen molar-refractivity contribution in [2.75, 3.05) is 13.2 Å². The van der Waals surface area contributed by atoms with Crippen molar-refractivity contribution in [3.8, 4) is 0 Å². The number of ether oxygens (including phenoxy) is 2. The summed E-state index contributed by atoms with van der Waals surface area (Å²) in [7, 11) is 0. The van der Waals surface area contributed by atoms with Crippen molar-refractivity contribution in [2.45, 2.75) is 38.7 Å². The highest BCUT2D eigenvalue weighted by Crippen LogP contribution is 2.12. The fourth-order valence-electron chi connectivity index (χ4n) is 1.34. The van der Waals surface area contributed by atoms with Crippen molar-refractivity contribution in [2.24, 2.45) is 0 Å². The zero-order valence-corrected chi connectivity index (χ0v) is 7.54. The predicted octanol–water partition coefficient (Wildman–Crippen LogP) is 1.51. The van der Waals surface area contributed by atoms with E-state index in [0.717, 1.165) is 25.7 Å². The average molecular weight is 172 g/mol. The molecule has 0 radical (unpaired) electrons. The van der Waals surface area contributed by atoms with E-state index in [4.69, 9.17) is 9.47 Å². The Morgan fingerprint density at radius 1 is 1.50 bits per heavy atom. The van der Waals surface area contributed by atoms with Gasteiger partial charge in [-0.1, -0.05) is 6.42 Å². The molecule has 0 aliphatic carbocycles. The summed E-state index contributed by atoms with van der Waals surface area (Å²) in [5.41, 5.74) is 0. The summed E-state index contributed by atoms with van der Waals surface area (Å²) >= 11 is 0. The Hall–Kier alpha value is -0.570. The van der Waals surface area contributed by atoms with Crippen LogP contribution in [0, 0.1) is 0 Å². The predicted molar refractivity (Wildman–Crippen MR) is 44.8 cm³/mol. The molecule has 1 heterocycles. The zero-order chi connectivity index (χ0) is 8.81. The van der Waals surface area contributed by atoms with Crippen LogP contribution in [0.2, 0.25) is 0 Å². The Morgan fingerprint density at radius 2 is 2.33 bits per heavy atom. The minimum absolute atomic E-state index is 0.184. The SMILES string of the molecule is CCOC1CCCCCOC1=O. The van der Waals surface area contributed by atoms with E-state index < -0.39 is 0 Å². The highest BCUT2D eigenvalue weighted by molar-refractivity contribution is 5.74. The molecule has 0 bridgehead atoms. The molecular formula is C9H16O3. The number of rotatable bonds is 2. The Kier molecular flexibility index (Phi) is 4.08. The van der Waals surface area contributed by atoms with Crippen LogP contribution in [0.5, 0.6) is 0 Å². The Bertz CT molecular complexity index is 145. The summed E-state index contributed by atoms with van der Waals surface area (Å²) < 4.78 is 10.2. The van der Waals surface area contributed by atoms with Gasteiger partial charge in [0.1, 0.15) is 0 Å². The molecular weight excluding hydrogens is 156 g/mol. The molecule has 0 aromatic heterocycles. The van der Waals surface area contributed by atoms with Crippen LogP contribution in [0.1, 0.15) is 32.6 Å². The Morgan fingerprint density at radius 3 is 3.08 bits per heavy atom. The van der Waals surface area contributed by atoms with Crippen molar-refractivity contribution < 1.29 is 14.3 Å². The summed E-state index contributed by atoms with van der Waals surface area (Å²) in [6.45, 7) is 3.04. The molecule has 70 valence electrons. The van der Waals surface area contributed by atoms with E-state index in [9.17, 15) is 4.79 Å². The van der Waals surface area contributed by atoms with Crippen molar-refractivity contribution >= 4 is 5.97 Å². The van der Waals surface area contributed by atoms with Gasteiger partial charge in [-0.25, -0.2) is 4.79 Å². The van der Waals surface area contributed by atoms with Gasteiger partial charge in [-0.2, -0.15) is 0 Å². The molecule has 1 saturated heterocycles. The van der Waals surface area contributed by atoms with E-state index in [-0.39, 0.29) is 12.1 Å². The molecule has 3 nitrogen and oxygen atoms in total. The molecule has 1 fully saturated rings. The fraction of sp³-hybridized carbons (Fsp3) is 0.889. The van der Waals surface area contributed by atoms with E-state index in [0.29, 0.717) is 13.2 Å². The molecule has 0 amide bonds. The van der Waals surface area contributed by atoms with Gasteiger partial charge in [-0.15, -0.1) is 0 Å². The highest BCUT2D eigenvalue weighted by Gasteiger charge is 2.21. The maximum absolute atomic E-state index is 11.2. The second-order valence-electron chi connectivity index (χ2n) is 2.96. The van der Waals surface area contributed by atoms with Crippen molar-refractivity contribution in [1.29, 1.82) is 0 Å². The minimum Gasteiger partial charge on any atom is -0.464 e. The van der Waals surface area contributed by atoms with E-state index in [1.165, 1.54) is 0 Å². The summed E-state index contributed by atoms with van der Waals surface area (Å²) in [5, 5.41) is 0. The molecule has 0 spiro atoms. The van der Waals surface area contributed by atoms with Crippen LogP contribution in [0.25, 0.3) is 0 Å². The van der Waals surface area contributed by atoms with Crippen LogP contribution in [-0.4, -0.2) is 25.3 Å². The summed E-state index contributed by atoms with van der Waals surface area (Å²) in [5.74, 6) is -0.184. The van der Waals surface area contributed by atoms with Crippen LogP contribution in [0.15, 0.2) is 0 Å². The molecule has 0 N–H and O–H groups in total. The first-order chi connectivity index (χ1) is 5.84. The van der Waals surface area contributed by atoms with Gasteiger partial charge in [0, 0.05) is 6.61 Å². The lowest BCUT2D eigenvalue weighted by atomic mass is 10.1. The first-order valence-corrected chi connectivity index (χ1v) is 4.63. The molecule has 1 unspecified atom stereocenters. The summed E-state index contributed by atoms with van der Waals surface area (Å²) in [6.07, 6.45) is 3.70. The molecule has 1 aliphatic rings. The fourth-order valence-corrected chi connectivity index (χ4v) is 1.34. The second kappa shape index (κ2) is 5.14. The summed E-state index contributed by atoms with van der Waals surface area (Å²) in [4.78, 5) is 11.2. The molecule has 1 aliphatic heterocycles. The third-order valence-electron chi connectivity index (χ3n) is 1.99. The second-order valence-corrected chi connectivity index (χ2v) is 2.96. The third-order valence-corrected chi connectivity index (χ3v) is 1.99. The molecule has 3 heteroatoms. The van der Waals surface area contributed by atoms with Gasteiger partial charge in [-0.05, 0) is 26.2 Å². The quantitative estimate of drug-likeness (QED) is 0.592. The molecule has 0 aromatic carbocycles. The van der Waals surface area contributed by atoms with Gasteiger partial charge in [0.2, 0.25) is 0 Å². The normalized spacial score (nSPS) is 25.8. The monoisotopic (exact) mass is 172 g/mol. The van der Waals surface area contributed by atoms with Crippen LogP contribution < -0.4 is 0 Å². The lowest BCUT2D eigenvalue weighted by Gasteiger charge is -2.18. The van der Waals surface area contributed by atoms with Gasteiger partial charge < -0.3 is 9.47 Å². The van der Waals surface area contributed by atoms with Gasteiger partial charge in [0.15, 0.2) is 6.10 Å². The first-order valence-electron chi connectivity index (χ1n) is 4.63. The maximum atomic E-state index is 11.2. The largest absolute Gasteiger partial charge is 0.464 e. The molecule has 0 saturated carbocycles. The molecule has 0 aromatic rings. The standard InChI is InChI=1S/C9H16O3/c1-2-11-8-6-4-3-5-7-12-9(8)10/h8H,2-7H2,1H3. The number of cyclic esters (lactones) is 1. The number of hydrogen-bond acceptors (Lipinski definition) is 3. The smallest absolute Gasteiger partial charge is 0.335 e. The van der Waals surface area contributed by atoms with E-state index >= 15 is 0 Å². The lowest BCUT2D eigenvalue weighted by Crippen LogP contribution is -2.28. The van der Waals surface area contributed by atoms with Gasteiger partial charge >= 0.3 is 5.97 Å². The van der Waals surface area contributed by atoms with E-state index in [1.54, 1.807) is 0 Å². The van der Waals surface area contributed by atoms with E-state index in [2.05, 4.69) is 0 Å². The lowest BCUT2D eigenvalue weighted by molar-refractivity contribution is -0.158. The van der Waals surface area contributed by atoms with Crippen LogP contribution in [-0.2, 0) is 14.3 Å². The number of esters is 1. The Balaban J connectivity index is 2.37. The van der Waals surface area contributed by atoms with E-state index in [1.807, 2.05) is 6.92 Å². The van der Waals surface area contributed by atoms with Crippen molar-refractivity contribution in [3.63, 3.8) is 0 Å². The first kappa shape index (κ1) is 9.52. The molecule has 1 atom stereocenters. The van der Waals surface area contributed by atoms with Crippen LogP contribution in [0.3, 0.4) is 0 Å². The van der Waals surface area contributed by atoms with Crippen LogP contribution in [0.4, 0.5) is 0 Å². The van der Waals surface area contributed by atoms with Crippen molar-refractivity contribution in [3.05, 3.63) is 0 Å². The van der Waals surface area contributed by atoms with Gasteiger partial charge in [-0.3, -0.25) is 0 Å². The highest BCUT2D eigenvalue weighted by atomic mass is 16.6. The van der Waals surface area contributed by atoms with Gasteiger partial charge in [0.05, 0.1) is 6.61 Å². The Labute approximate surface area is 73.0 Å². The molecule has 12 heavy (non-hydrogen) atoms. The number of hydrogen-bond donors (Lipinski definition) is 0. The van der Waals surface area contributed by atoms with Crippen molar-refractivity contribution in [1.82, 2.24) is 0 Å². The topological polar surface area (TPSA) is 35.5 Å². The minimum atomic E-state index is -0.310. The molecule has 1 rings (SSSR count). The number of carbonyl (C=O) groups excluding carboxylic acids is 1. The van der Waals surface area contributed by atoms with Gasteiger partial charge in [0.25, 0.3) is 0 Å². The van der Waals surface area contributed by atoms with Crippen LogP contribution >= 0.6 is 0 Å². The summed E-state index contributed by atoms with van der Waals surface area (Å²) in [6, 6.07) is 0. The number of carbonyl (C=O) groups is 1. The average Bonchev–Trinajstić information content (AvgIpc) is 2.05. The zero-order valence-electron chi connectivity index (χ0n) is 7.54.